The van der Waals surface area contributed by atoms with Crippen LogP contribution in [0, 0.1) is 0 Å². The van der Waals surface area contributed by atoms with E-state index in [2.05, 4.69) is 5.32 Å². The van der Waals surface area contributed by atoms with E-state index in [-0.39, 0.29) is 5.75 Å². The molecule has 0 aliphatic rings. The highest BCUT2D eigenvalue weighted by Gasteiger charge is 2.35. The average molecular weight is 307 g/mol. The van der Waals surface area contributed by atoms with Crippen LogP contribution < -0.4 is 5.32 Å². The van der Waals surface area contributed by atoms with Gasteiger partial charge in [0.1, 0.15) is 5.75 Å². The molecule has 21 heavy (non-hydrogen) atoms. The first-order chi connectivity index (χ1) is 10.1. The van der Waals surface area contributed by atoms with E-state index >= 15 is 0 Å². The van der Waals surface area contributed by atoms with Gasteiger partial charge in [-0.15, -0.1) is 0 Å². The number of para-hydroxylation sites is 2. The summed E-state index contributed by atoms with van der Waals surface area (Å²) in [5.74, 6) is -0.654. The molecule has 1 unspecified atom stereocenters. The number of rotatable bonds is 6. The quantitative estimate of drug-likeness (QED) is 0.624. The van der Waals surface area contributed by atoms with E-state index < -0.39 is 13.4 Å². The number of phenols is 1. The Bertz CT molecular complexity index is 625. The maximum atomic E-state index is 12.8. The highest BCUT2D eigenvalue weighted by Crippen LogP contribution is 2.59. The summed E-state index contributed by atoms with van der Waals surface area (Å²) in [6, 6.07) is 15.9. The van der Waals surface area contributed by atoms with Gasteiger partial charge in [0.15, 0.2) is 5.78 Å². The van der Waals surface area contributed by atoms with Crippen LogP contribution in [-0.4, -0.2) is 19.3 Å². The molecule has 0 radical (unpaired) electrons. The monoisotopic (exact) mass is 307 g/mol. The van der Waals surface area contributed by atoms with Crippen LogP contribution in [0.25, 0.3) is 0 Å². The fourth-order valence-corrected chi connectivity index (χ4v) is 3.41. The second kappa shape index (κ2) is 6.76. The zero-order valence-corrected chi connectivity index (χ0v) is 12.8. The van der Waals surface area contributed by atoms with Crippen molar-refractivity contribution in [2.24, 2.45) is 0 Å². The molecule has 0 saturated heterocycles. The SMILES string of the molecule is COP(=O)(OC)C(Nc1ccccc1O)c1ccccc1. The van der Waals surface area contributed by atoms with Gasteiger partial charge in [-0.3, -0.25) is 4.57 Å². The summed E-state index contributed by atoms with van der Waals surface area (Å²) in [5, 5.41) is 12.9. The molecule has 0 bridgehead atoms. The fraction of sp³-hybridized carbons (Fsp3) is 0.200. The van der Waals surface area contributed by atoms with Crippen LogP contribution in [0.1, 0.15) is 11.3 Å². The van der Waals surface area contributed by atoms with Crippen molar-refractivity contribution < 1.29 is 18.7 Å². The van der Waals surface area contributed by atoms with E-state index in [1.807, 2.05) is 30.3 Å². The molecule has 0 fully saturated rings. The Morgan fingerprint density at radius 3 is 2.14 bits per heavy atom. The Kier molecular flexibility index (Phi) is 5.02. The summed E-state index contributed by atoms with van der Waals surface area (Å²) >= 11 is 0. The highest BCUT2D eigenvalue weighted by molar-refractivity contribution is 7.54. The first-order valence-electron chi connectivity index (χ1n) is 6.41. The van der Waals surface area contributed by atoms with Crippen molar-refractivity contribution in [3.63, 3.8) is 0 Å². The summed E-state index contributed by atoms with van der Waals surface area (Å²) in [6.07, 6.45) is 0. The molecule has 0 aromatic heterocycles. The number of phenolic OH excluding ortho intramolecular Hbond substituents is 1. The van der Waals surface area contributed by atoms with Crippen LogP contribution in [0.5, 0.6) is 5.75 Å². The van der Waals surface area contributed by atoms with Gasteiger partial charge in [0.2, 0.25) is 0 Å². The van der Waals surface area contributed by atoms with E-state index in [0.717, 1.165) is 5.56 Å². The molecule has 0 heterocycles. The topological polar surface area (TPSA) is 67.8 Å². The Labute approximate surface area is 124 Å². The number of aromatic hydroxyl groups is 1. The third-order valence-electron chi connectivity index (χ3n) is 3.14. The molecule has 2 aromatic rings. The first-order valence-corrected chi connectivity index (χ1v) is 8.02. The molecule has 112 valence electrons. The molecule has 2 aromatic carbocycles. The summed E-state index contributed by atoms with van der Waals surface area (Å²) in [5.41, 5.74) is 1.20. The molecule has 1 atom stereocenters. The van der Waals surface area contributed by atoms with Crippen LogP contribution >= 0.6 is 7.60 Å². The maximum absolute atomic E-state index is 12.8. The summed E-state index contributed by atoms with van der Waals surface area (Å²) in [6.45, 7) is 0. The zero-order valence-electron chi connectivity index (χ0n) is 11.9. The first kappa shape index (κ1) is 15.6. The highest BCUT2D eigenvalue weighted by atomic mass is 31.2. The van der Waals surface area contributed by atoms with E-state index in [1.54, 1.807) is 24.3 Å². The lowest BCUT2D eigenvalue weighted by Gasteiger charge is -2.26. The van der Waals surface area contributed by atoms with E-state index in [1.165, 1.54) is 14.2 Å². The van der Waals surface area contributed by atoms with Gasteiger partial charge in [0.25, 0.3) is 0 Å². The average Bonchev–Trinajstić information content (AvgIpc) is 2.54. The predicted molar refractivity (Wildman–Crippen MR) is 82.5 cm³/mol. The molecule has 2 N–H and O–H groups in total. The molecule has 5 nitrogen and oxygen atoms in total. The van der Waals surface area contributed by atoms with Gasteiger partial charge in [-0.05, 0) is 17.7 Å². The third-order valence-corrected chi connectivity index (χ3v) is 5.21. The molecular weight excluding hydrogens is 289 g/mol. The molecule has 0 saturated carbocycles. The van der Waals surface area contributed by atoms with E-state index in [9.17, 15) is 9.67 Å². The lowest BCUT2D eigenvalue weighted by atomic mass is 10.2. The Balaban J connectivity index is 2.42. The van der Waals surface area contributed by atoms with Crippen LogP contribution in [0.3, 0.4) is 0 Å². The van der Waals surface area contributed by atoms with Crippen molar-refractivity contribution in [3.05, 3.63) is 60.2 Å². The van der Waals surface area contributed by atoms with Crippen molar-refractivity contribution in [2.45, 2.75) is 5.78 Å². The Morgan fingerprint density at radius 1 is 1.00 bits per heavy atom. The minimum Gasteiger partial charge on any atom is -0.506 e. The van der Waals surface area contributed by atoms with Gasteiger partial charge in [-0.2, -0.15) is 0 Å². The summed E-state index contributed by atoms with van der Waals surface area (Å²) in [4.78, 5) is 0. The Morgan fingerprint density at radius 2 is 1.57 bits per heavy atom. The smallest absolute Gasteiger partial charge is 0.356 e. The molecule has 6 heteroatoms. The van der Waals surface area contributed by atoms with Crippen molar-refractivity contribution in [1.29, 1.82) is 0 Å². The zero-order chi connectivity index (χ0) is 15.3. The molecule has 2 rings (SSSR count). The van der Waals surface area contributed by atoms with Gasteiger partial charge in [0, 0.05) is 14.2 Å². The number of hydrogen-bond donors (Lipinski definition) is 2. The van der Waals surface area contributed by atoms with E-state index in [0.29, 0.717) is 5.69 Å². The van der Waals surface area contributed by atoms with Gasteiger partial charge >= 0.3 is 7.60 Å². The largest absolute Gasteiger partial charge is 0.506 e. The van der Waals surface area contributed by atoms with Crippen molar-refractivity contribution in [3.8, 4) is 5.75 Å². The van der Waals surface area contributed by atoms with Crippen molar-refractivity contribution in [1.82, 2.24) is 0 Å². The van der Waals surface area contributed by atoms with Crippen LogP contribution in [0.4, 0.5) is 5.69 Å². The number of nitrogens with one attached hydrogen (secondary N) is 1. The molecular formula is C15H18NO4P. The van der Waals surface area contributed by atoms with E-state index in [4.69, 9.17) is 9.05 Å². The lowest BCUT2D eigenvalue weighted by Crippen LogP contribution is -2.13. The van der Waals surface area contributed by atoms with Crippen molar-refractivity contribution >= 4 is 13.3 Å². The number of anilines is 1. The van der Waals surface area contributed by atoms with Gasteiger partial charge in [-0.25, -0.2) is 0 Å². The molecule has 0 amide bonds. The third kappa shape index (κ3) is 3.45. The lowest BCUT2D eigenvalue weighted by molar-refractivity contribution is 0.268. The number of benzene rings is 2. The minimum absolute atomic E-state index is 0.0668. The van der Waals surface area contributed by atoms with Crippen LogP contribution in [0.15, 0.2) is 54.6 Å². The summed E-state index contributed by atoms with van der Waals surface area (Å²) in [7, 11) is -0.741. The van der Waals surface area contributed by atoms with Crippen molar-refractivity contribution in [2.75, 3.05) is 19.5 Å². The molecule has 0 spiro atoms. The molecule has 0 aliphatic heterocycles. The van der Waals surface area contributed by atoms with Gasteiger partial charge in [0.05, 0.1) is 5.69 Å². The standard InChI is InChI=1S/C15H18NO4P/c1-19-21(18,20-2)15(12-8-4-3-5-9-12)16-13-10-6-7-11-14(13)17/h3-11,15-17H,1-2H3. The van der Waals surface area contributed by atoms with Gasteiger partial charge < -0.3 is 19.5 Å². The van der Waals surface area contributed by atoms with Gasteiger partial charge in [-0.1, -0.05) is 42.5 Å². The maximum Gasteiger partial charge on any atom is 0.356 e. The van der Waals surface area contributed by atoms with Crippen LogP contribution in [-0.2, 0) is 13.6 Å². The second-order valence-electron chi connectivity index (χ2n) is 4.38. The molecule has 0 aliphatic carbocycles. The summed E-state index contributed by atoms with van der Waals surface area (Å²) < 4.78 is 23.0. The second-order valence-corrected chi connectivity index (χ2v) is 6.71. The normalized spacial score (nSPS) is 12.9. The Hall–Kier alpha value is -1.81. The number of hydrogen-bond acceptors (Lipinski definition) is 5. The van der Waals surface area contributed by atoms with Crippen LogP contribution in [0.2, 0.25) is 0 Å². The fourth-order valence-electron chi connectivity index (χ4n) is 2.01. The predicted octanol–water partition coefficient (Wildman–Crippen LogP) is 3.99. The minimum atomic E-state index is -3.42.